The summed E-state index contributed by atoms with van der Waals surface area (Å²) < 4.78 is 4.79. The minimum absolute atomic E-state index is 0.0232. The number of aromatic nitrogens is 1. The van der Waals surface area contributed by atoms with Gasteiger partial charge in [-0.15, -0.1) is 0 Å². The molecule has 6 heteroatoms. The molecule has 0 aliphatic heterocycles. The van der Waals surface area contributed by atoms with Crippen LogP contribution in [0.4, 0.5) is 0 Å². The summed E-state index contributed by atoms with van der Waals surface area (Å²) >= 11 is 0. The molecule has 94 valence electrons. The number of carbonyl (C=O) groups excluding carboxylic acids is 1. The highest BCUT2D eigenvalue weighted by atomic mass is 16.5. The van der Waals surface area contributed by atoms with Crippen molar-refractivity contribution in [2.75, 3.05) is 0 Å². The zero-order chi connectivity index (χ0) is 13.1. The number of rotatable bonds is 5. The van der Waals surface area contributed by atoms with Crippen molar-refractivity contribution in [3.05, 3.63) is 17.5 Å². The molecule has 2 N–H and O–H groups in total. The standard InChI is InChI=1S/C11H16N2O4/c1-4-11(5-2,10(15)16)12-9(14)8-6-7(3)13-17-8/h6H,4-5H2,1-3H3,(H,12,14)(H,15,16). The summed E-state index contributed by atoms with van der Waals surface area (Å²) in [5, 5.41) is 15.2. The fraction of sp³-hybridized carbons (Fsp3) is 0.545. The van der Waals surface area contributed by atoms with Crippen molar-refractivity contribution >= 4 is 11.9 Å². The van der Waals surface area contributed by atoms with Crippen LogP contribution in [0.15, 0.2) is 10.6 Å². The molecular formula is C11H16N2O4. The summed E-state index contributed by atoms with van der Waals surface area (Å²) in [6.45, 7) is 5.11. The molecule has 0 saturated heterocycles. The Hall–Kier alpha value is -1.85. The van der Waals surface area contributed by atoms with Gasteiger partial charge in [0.15, 0.2) is 0 Å². The van der Waals surface area contributed by atoms with E-state index in [2.05, 4.69) is 10.5 Å². The van der Waals surface area contributed by atoms with Crippen molar-refractivity contribution in [1.82, 2.24) is 10.5 Å². The average Bonchev–Trinajstić information content (AvgIpc) is 2.72. The normalized spacial score (nSPS) is 11.2. The number of carbonyl (C=O) groups is 2. The Balaban J connectivity index is 2.88. The van der Waals surface area contributed by atoms with E-state index in [0.29, 0.717) is 18.5 Å². The van der Waals surface area contributed by atoms with Gasteiger partial charge in [0.25, 0.3) is 5.91 Å². The summed E-state index contributed by atoms with van der Waals surface area (Å²) in [6, 6.07) is 1.47. The first kappa shape index (κ1) is 13.2. The van der Waals surface area contributed by atoms with Crippen LogP contribution >= 0.6 is 0 Å². The van der Waals surface area contributed by atoms with Crippen molar-refractivity contribution in [2.24, 2.45) is 0 Å². The minimum atomic E-state index is -1.25. The van der Waals surface area contributed by atoms with Crippen molar-refractivity contribution in [3.8, 4) is 0 Å². The van der Waals surface area contributed by atoms with Gasteiger partial charge >= 0.3 is 5.97 Å². The topological polar surface area (TPSA) is 92.4 Å². The van der Waals surface area contributed by atoms with E-state index in [1.807, 2.05) is 0 Å². The third-order valence-corrected chi connectivity index (χ3v) is 2.82. The van der Waals surface area contributed by atoms with Crippen LogP contribution in [0.5, 0.6) is 0 Å². The van der Waals surface area contributed by atoms with Crippen LogP contribution in [0.1, 0.15) is 42.9 Å². The Kier molecular flexibility index (Phi) is 3.88. The van der Waals surface area contributed by atoms with Crippen molar-refractivity contribution in [2.45, 2.75) is 39.2 Å². The first-order valence-corrected chi connectivity index (χ1v) is 5.44. The fourth-order valence-corrected chi connectivity index (χ4v) is 1.53. The highest BCUT2D eigenvalue weighted by Gasteiger charge is 2.37. The number of amides is 1. The molecule has 0 radical (unpaired) electrons. The SMILES string of the molecule is CCC(CC)(NC(=O)c1cc(C)no1)C(=O)O. The Morgan fingerprint density at radius 3 is 2.41 bits per heavy atom. The van der Waals surface area contributed by atoms with Crippen LogP contribution in [0.3, 0.4) is 0 Å². The monoisotopic (exact) mass is 240 g/mol. The van der Waals surface area contributed by atoms with Gasteiger partial charge in [0.1, 0.15) is 5.54 Å². The number of hydrogen-bond donors (Lipinski definition) is 2. The van der Waals surface area contributed by atoms with E-state index in [1.54, 1.807) is 20.8 Å². The quantitative estimate of drug-likeness (QED) is 0.810. The van der Waals surface area contributed by atoms with E-state index >= 15 is 0 Å². The number of aryl methyl sites for hydroxylation is 1. The second-order valence-corrected chi connectivity index (χ2v) is 3.88. The molecule has 1 amide bonds. The molecule has 0 aromatic carbocycles. The number of nitrogens with one attached hydrogen (secondary N) is 1. The van der Waals surface area contributed by atoms with Crippen LogP contribution in [0.2, 0.25) is 0 Å². The van der Waals surface area contributed by atoms with Crippen LogP contribution in [-0.4, -0.2) is 27.7 Å². The molecule has 1 aromatic rings. The van der Waals surface area contributed by atoms with E-state index in [1.165, 1.54) is 6.07 Å². The predicted octanol–water partition coefficient (Wildman–Crippen LogP) is 1.36. The molecule has 17 heavy (non-hydrogen) atoms. The van der Waals surface area contributed by atoms with Gasteiger partial charge in [-0.25, -0.2) is 4.79 Å². The third-order valence-electron chi connectivity index (χ3n) is 2.82. The minimum Gasteiger partial charge on any atom is -0.480 e. The maximum atomic E-state index is 11.8. The molecular weight excluding hydrogens is 224 g/mol. The zero-order valence-corrected chi connectivity index (χ0v) is 10.1. The van der Waals surface area contributed by atoms with E-state index in [-0.39, 0.29) is 5.76 Å². The maximum absolute atomic E-state index is 11.8. The Bertz CT molecular complexity index is 421. The maximum Gasteiger partial charge on any atom is 0.329 e. The molecule has 1 aromatic heterocycles. The van der Waals surface area contributed by atoms with Gasteiger partial charge in [0.2, 0.25) is 5.76 Å². The number of nitrogens with zero attached hydrogens (tertiary/aromatic N) is 1. The van der Waals surface area contributed by atoms with Crippen LogP contribution in [0, 0.1) is 6.92 Å². The van der Waals surface area contributed by atoms with E-state index < -0.39 is 17.4 Å². The van der Waals surface area contributed by atoms with Crippen LogP contribution in [-0.2, 0) is 4.79 Å². The van der Waals surface area contributed by atoms with Gasteiger partial charge in [-0.05, 0) is 19.8 Å². The van der Waals surface area contributed by atoms with Crippen molar-refractivity contribution in [1.29, 1.82) is 0 Å². The molecule has 0 bridgehead atoms. The highest BCUT2D eigenvalue weighted by molar-refractivity contribution is 5.95. The molecule has 1 heterocycles. The molecule has 0 saturated carbocycles. The number of carboxylic acids is 1. The van der Waals surface area contributed by atoms with Crippen LogP contribution in [0.25, 0.3) is 0 Å². The molecule has 0 atom stereocenters. The lowest BCUT2D eigenvalue weighted by Gasteiger charge is -2.27. The van der Waals surface area contributed by atoms with Crippen LogP contribution < -0.4 is 5.32 Å². The van der Waals surface area contributed by atoms with E-state index in [4.69, 9.17) is 9.63 Å². The molecule has 0 spiro atoms. The third kappa shape index (κ3) is 2.64. The fourth-order valence-electron chi connectivity index (χ4n) is 1.53. The van der Waals surface area contributed by atoms with Gasteiger partial charge in [-0.3, -0.25) is 4.79 Å². The number of carboxylic acid groups (broad SMARTS) is 1. The summed E-state index contributed by atoms with van der Waals surface area (Å²) in [7, 11) is 0. The zero-order valence-electron chi connectivity index (χ0n) is 10.1. The molecule has 0 fully saturated rings. The predicted molar refractivity (Wildman–Crippen MR) is 59.7 cm³/mol. The average molecular weight is 240 g/mol. The van der Waals surface area contributed by atoms with Gasteiger partial charge < -0.3 is 14.9 Å². The number of hydrogen-bond acceptors (Lipinski definition) is 4. The smallest absolute Gasteiger partial charge is 0.329 e. The van der Waals surface area contributed by atoms with Gasteiger partial charge in [-0.1, -0.05) is 19.0 Å². The molecule has 0 unspecified atom stereocenters. The van der Waals surface area contributed by atoms with E-state index in [9.17, 15) is 9.59 Å². The first-order chi connectivity index (χ1) is 7.95. The summed E-state index contributed by atoms with van der Waals surface area (Å²) in [5.41, 5.74) is -0.679. The Labute approximate surface area is 99.0 Å². The van der Waals surface area contributed by atoms with Crippen molar-refractivity contribution < 1.29 is 19.2 Å². The Morgan fingerprint density at radius 1 is 1.47 bits per heavy atom. The van der Waals surface area contributed by atoms with Gasteiger partial charge in [-0.2, -0.15) is 0 Å². The molecule has 6 nitrogen and oxygen atoms in total. The molecule has 0 aliphatic carbocycles. The lowest BCUT2D eigenvalue weighted by atomic mass is 9.93. The van der Waals surface area contributed by atoms with Gasteiger partial charge in [0.05, 0.1) is 5.69 Å². The summed E-state index contributed by atoms with van der Waals surface area (Å²) in [6.07, 6.45) is 0.607. The second-order valence-electron chi connectivity index (χ2n) is 3.88. The van der Waals surface area contributed by atoms with Gasteiger partial charge in [0, 0.05) is 6.07 Å². The van der Waals surface area contributed by atoms with E-state index in [0.717, 1.165) is 0 Å². The molecule has 1 rings (SSSR count). The largest absolute Gasteiger partial charge is 0.480 e. The lowest BCUT2D eigenvalue weighted by molar-refractivity contribution is -0.144. The summed E-state index contributed by atoms with van der Waals surface area (Å²) in [4.78, 5) is 23.0. The Morgan fingerprint density at radius 2 is 2.06 bits per heavy atom. The highest BCUT2D eigenvalue weighted by Crippen LogP contribution is 2.16. The lowest BCUT2D eigenvalue weighted by Crippen LogP contribution is -2.53. The second kappa shape index (κ2) is 4.99. The molecule has 0 aliphatic rings. The number of aliphatic carboxylic acids is 1. The van der Waals surface area contributed by atoms with Crippen molar-refractivity contribution in [3.63, 3.8) is 0 Å². The summed E-state index contributed by atoms with van der Waals surface area (Å²) in [5.74, 6) is -1.58. The first-order valence-electron chi connectivity index (χ1n) is 5.44.